The van der Waals surface area contributed by atoms with Gasteiger partial charge in [0.15, 0.2) is 5.16 Å². The van der Waals surface area contributed by atoms with Crippen molar-refractivity contribution in [3.8, 4) is 5.75 Å². The van der Waals surface area contributed by atoms with E-state index in [2.05, 4.69) is 4.98 Å². The standard InChI is InChI=1S/C21H24N2O4S/c1-3-19(20(24)25)28-21-22-17-6-4-5-7-18(17)23(21)12-13-27-14-15-8-10-16(26-2)11-9-15/h4-11,19H,3,12-14H2,1-2H3,(H,24,25). The molecule has 6 nitrogen and oxygen atoms in total. The van der Waals surface area contributed by atoms with E-state index < -0.39 is 11.2 Å². The van der Waals surface area contributed by atoms with E-state index >= 15 is 0 Å². The first-order chi connectivity index (χ1) is 13.6. The van der Waals surface area contributed by atoms with Gasteiger partial charge in [0.1, 0.15) is 11.0 Å². The van der Waals surface area contributed by atoms with E-state index in [-0.39, 0.29) is 0 Å². The molecule has 1 N–H and O–H groups in total. The second kappa shape index (κ2) is 9.61. The average Bonchev–Trinajstić information content (AvgIpc) is 3.06. The number of carboxylic acids is 1. The molecule has 0 radical (unpaired) electrons. The molecule has 1 aromatic heterocycles. The van der Waals surface area contributed by atoms with E-state index in [1.54, 1.807) is 7.11 Å². The molecule has 3 aromatic rings. The Bertz CT molecular complexity index is 924. The third-order valence-electron chi connectivity index (χ3n) is 4.40. The Hall–Kier alpha value is -2.51. The van der Waals surface area contributed by atoms with Gasteiger partial charge in [-0.3, -0.25) is 4.79 Å². The van der Waals surface area contributed by atoms with E-state index in [0.717, 1.165) is 22.3 Å². The summed E-state index contributed by atoms with van der Waals surface area (Å²) in [6.07, 6.45) is 0.539. The molecule has 0 bridgehead atoms. The molecule has 148 valence electrons. The highest BCUT2D eigenvalue weighted by Crippen LogP contribution is 2.29. The van der Waals surface area contributed by atoms with Gasteiger partial charge in [-0.25, -0.2) is 4.98 Å². The number of imidazole rings is 1. The van der Waals surface area contributed by atoms with Crippen molar-refractivity contribution in [3.05, 3.63) is 54.1 Å². The average molecular weight is 401 g/mol. The summed E-state index contributed by atoms with van der Waals surface area (Å²) >= 11 is 1.29. The van der Waals surface area contributed by atoms with E-state index in [9.17, 15) is 9.90 Å². The van der Waals surface area contributed by atoms with Crippen LogP contribution in [0.2, 0.25) is 0 Å². The Balaban J connectivity index is 1.68. The number of benzene rings is 2. The highest BCUT2D eigenvalue weighted by atomic mass is 32.2. The summed E-state index contributed by atoms with van der Waals surface area (Å²) in [5, 5.41) is 9.58. The Morgan fingerprint density at radius 3 is 2.64 bits per heavy atom. The second-order valence-corrected chi connectivity index (χ2v) is 7.46. The number of aromatic nitrogens is 2. The van der Waals surface area contributed by atoms with Crippen LogP contribution in [0.15, 0.2) is 53.7 Å². The van der Waals surface area contributed by atoms with Gasteiger partial charge in [0.2, 0.25) is 0 Å². The lowest BCUT2D eigenvalue weighted by Crippen LogP contribution is -2.16. The van der Waals surface area contributed by atoms with Crippen molar-refractivity contribution in [2.24, 2.45) is 0 Å². The number of methoxy groups -OCH3 is 1. The Morgan fingerprint density at radius 2 is 1.96 bits per heavy atom. The molecule has 0 saturated carbocycles. The number of hydrogen-bond acceptors (Lipinski definition) is 5. The molecule has 3 rings (SSSR count). The lowest BCUT2D eigenvalue weighted by atomic mass is 10.2. The monoisotopic (exact) mass is 400 g/mol. The number of carbonyl (C=O) groups is 1. The zero-order valence-electron chi connectivity index (χ0n) is 16.0. The number of rotatable bonds is 10. The quantitative estimate of drug-likeness (QED) is 0.406. The summed E-state index contributed by atoms with van der Waals surface area (Å²) in [5.41, 5.74) is 2.92. The van der Waals surface area contributed by atoms with Crippen LogP contribution in [0.25, 0.3) is 11.0 Å². The minimum absolute atomic E-state index is 0.504. The van der Waals surface area contributed by atoms with Crippen LogP contribution in [0.4, 0.5) is 0 Å². The zero-order chi connectivity index (χ0) is 19.9. The summed E-state index contributed by atoms with van der Waals surface area (Å²) in [7, 11) is 1.64. The molecule has 0 aliphatic carbocycles. The van der Waals surface area contributed by atoms with Gasteiger partial charge in [0, 0.05) is 6.54 Å². The molecule has 7 heteroatoms. The molecule has 0 aliphatic heterocycles. The molecule has 0 amide bonds. The van der Waals surface area contributed by atoms with Crippen molar-refractivity contribution >= 4 is 28.8 Å². The minimum Gasteiger partial charge on any atom is -0.497 e. The number of aliphatic carboxylic acids is 1. The third-order valence-corrected chi connectivity index (χ3v) is 5.74. The van der Waals surface area contributed by atoms with Gasteiger partial charge in [-0.1, -0.05) is 43.0 Å². The SMILES string of the molecule is CCC(Sc1nc2ccccc2n1CCOCc1ccc(OC)cc1)C(=O)O. The minimum atomic E-state index is -0.818. The number of nitrogens with zero attached hydrogens (tertiary/aromatic N) is 2. The number of carboxylic acid groups (broad SMARTS) is 1. The predicted octanol–water partition coefficient (Wildman–Crippen LogP) is 4.22. The smallest absolute Gasteiger partial charge is 0.317 e. The maximum Gasteiger partial charge on any atom is 0.317 e. The number of fused-ring (bicyclic) bond motifs is 1. The highest BCUT2D eigenvalue weighted by Gasteiger charge is 2.21. The predicted molar refractivity (Wildman–Crippen MR) is 110 cm³/mol. The van der Waals surface area contributed by atoms with Gasteiger partial charge < -0.3 is 19.1 Å². The van der Waals surface area contributed by atoms with Gasteiger partial charge in [-0.05, 0) is 36.2 Å². The van der Waals surface area contributed by atoms with Gasteiger partial charge >= 0.3 is 5.97 Å². The molecule has 2 aromatic carbocycles. The van der Waals surface area contributed by atoms with E-state index in [1.807, 2.05) is 60.0 Å². The third kappa shape index (κ3) is 4.85. The molecule has 28 heavy (non-hydrogen) atoms. The molecule has 0 fully saturated rings. The van der Waals surface area contributed by atoms with Crippen LogP contribution in [-0.4, -0.2) is 39.6 Å². The highest BCUT2D eigenvalue weighted by molar-refractivity contribution is 8.00. The van der Waals surface area contributed by atoms with Crippen LogP contribution in [0, 0.1) is 0 Å². The summed E-state index contributed by atoms with van der Waals surface area (Å²) in [6.45, 7) is 3.49. The van der Waals surface area contributed by atoms with Crippen molar-refractivity contribution in [1.82, 2.24) is 9.55 Å². The number of hydrogen-bond donors (Lipinski definition) is 1. The molecule has 1 atom stereocenters. The Labute approximate surface area is 168 Å². The van der Waals surface area contributed by atoms with E-state index in [1.165, 1.54) is 11.8 Å². The van der Waals surface area contributed by atoms with Crippen LogP contribution >= 0.6 is 11.8 Å². The van der Waals surface area contributed by atoms with Gasteiger partial charge in [-0.2, -0.15) is 0 Å². The van der Waals surface area contributed by atoms with Crippen LogP contribution < -0.4 is 4.74 Å². The molecule has 1 unspecified atom stereocenters. The van der Waals surface area contributed by atoms with Crippen LogP contribution in [-0.2, 0) is 22.7 Å². The summed E-state index contributed by atoms with van der Waals surface area (Å²) in [5.74, 6) is 0.000993. The molecular formula is C21H24N2O4S. The fraction of sp³-hybridized carbons (Fsp3) is 0.333. The summed E-state index contributed by atoms with van der Waals surface area (Å²) in [4.78, 5) is 16.1. The van der Waals surface area contributed by atoms with Crippen LogP contribution in [0.5, 0.6) is 5.75 Å². The summed E-state index contributed by atoms with van der Waals surface area (Å²) < 4.78 is 13.0. The van der Waals surface area contributed by atoms with Crippen molar-refractivity contribution in [1.29, 1.82) is 0 Å². The maximum absolute atomic E-state index is 11.4. The first kappa shape index (κ1) is 20.2. The molecule has 0 saturated heterocycles. The van der Waals surface area contributed by atoms with Gasteiger partial charge in [0.25, 0.3) is 0 Å². The molecule has 0 aliphatic rings. The van der Waals surface area contributed by atoms with Crippen molar-refractivity contribution in [2.45, 2.75) is 36.9 Å². The van der Waals surface area contributed by atoms with Gasteiger partial charge in [0.05, 0.1) is 31.4 Å². The topological polar surface area (TPSA) is 73.6 Å². The lowest BCUT2D eigenvalue weighted by molar-refractivity contribution is -0.136. The summed E-state index contributed by atoms with van der Waals surface area (Å²) in [6, 6.07) is 15.6. The normalized spacial score (nSPS) is 12.2. The van der Waals surface area contributed by atoms with Crippen molar-refractivity contribution < 1.29 is 19.4 Å². The fourth-order valence-corrected chi connectivity index (χ4v) is 3.85. The number of thioether (sulfide) groups is 1. The molecule has 0 spiro atoms. The number of para-hydroxylation sites is 2. The first-order valence-corrected chi connectivity index (χ1v) is 10.1. The molecular weight excluding hydrogens is 376 g/mol. The second-order valence-electron chi connectivity index (χ2n) is 6.29. The van der Waals surface area contributed by atoms with Crippen molar-refractivity contribution in [2.75, 3.05) is 13.7 Å². The zero-order valence-corrected chi connectivity index (χ0v) is 16.8. The van der Waals surface area contributed by atoms with Crippen LogP contribution in [0.1, 0.15) is 18.9 Å². The van der Waals surface area contributed by atoms with E-state index in [4.69, 9.17) is 9.47 Å². The maximum atomic E-state index is 11.4. The lowest BCUT2D eigenvalue weighted by Gasteiger charge is -2.12. The molecule has 1 heterocycles. The Kier molecular flexibility index (Phi) is 6.95. The Morgan fingerprint density at radius 1 is 1.21 bits per heavy atom. The van der Waals surface area contributed by atoms with E-state index in [0.29, 0.717) is 31.3 Å². The van der Waals surface area contributed by atoms with Crippen LogP contribution in [0.3, 0.4) is 0 Å². The van der Waals surface area contributed by atoms with Crippen molar-refractivity contribution in [3.63, 3.8) is 0 Å². The first-order valence-electron chi connectivity index (χ1n) is 9.17. The fourth-order valence-electron chi connectivity index (χ4n) is 2.86. The van der Waals surface area contributed by atoms with Gasteiger partial charge in [-0.15, -0.1) is 0 Å². The number of ether oxygens (including phenoxy) is 2. The largest absolute Gasteiger partial charge is 0.497 e.